The molecule has 0 saturated carbocycles. The van der Waals surface area contributed by atoms with Gasteiger partial charge in [0, 0.05) is 23.1 Å². The number of benzene rings is 2. The molecule has 0 bridgehead atoms. The lowest BCUT2D eigenvalue weighted by Crippen LogP contribution is -2.01. The van der Waals surface area contributed by atoms with Crippen LogP contribution in [-0.4, -0.2) is 15.6 Å². The first kappa shape index (κ1) is 17.2. The van der Waals surface area contributed by atoms with E-state index in [4.69, 9.17) is 0 Å². The van der Waals surface area contributed by atoms with Crippen LogP contribution < -0.4 is 5.43 Å². The largest absolute Gasteiger partial charge is 0.277 e. The van der Waals surface area contributed by atoms with Gasteiger partial charge in [-0.15, -0.1) is 11.3 Å². The molecular formula is C17H10FN5O2S. The van der Waals surface area contributed by atoms with Crippen molar-refractivity contribution in [3.05, 3.63) is 74.9 Å². The highest BCUT2D eigenvalue weighted by molar-refractivity contribution is 7.12. The molecular weight excluding hydrogens is 357 g/mol. The van der Waals surface area contributed by atoms with Crippen LogP contribution in [0.5, 0.6) is 0 Å². The number of aromatic nitrogens is 1. The molecule has 0 radical (unpaired) electrons. The van der Waals surface area contributed by atoms with Crippen LogP contribution in [0.1, 0.15) is 5.01 Å². The third-order valence-electron chi connectivity index (χ3n) is 3.33. The van der Waals surface area contributed by atoms with Gasteiger partial charge in [-0.2, -0.15) is 10.4 Å². The molecule has 0 amide bonds. The quantitative estimate of drug-likeness (QED) is 0.413. The van der Waals surface area contributed by atoms with Crippen LogP contribution in [0.25, 0.3) is 11.3 Å². The zero-order valence-electron chi connectivity index (χ0n) is 13.1. The van der Waals surface area contributed by atoms with E-state index >= 15 is 0 Å². The average Bonchev–Trinajstić information content (AvgIpc) is 3.14. The number of anilines is 1. The summed E-state index contributed by atoms with van der Waals surface area (Å²) in [6, 6.07) is 13.5. The maximum Gasteiger partial charge on any atom is 0.269 e. The van der Waals surface area contributed by atoms with Crippen molar-refractivity contribution in [3.8, 4) is 17.3 Å². The predicted molar refractivity (Wildman–Crippen MR) is 96.4 cm³/mol. The Kier molecular flexibility index (Phi) is 4.96. The van der Waals surface area contributed by atoms with Crippen LogP contribution in [0.3, 0.4) is 0 Å². The minimum Gasteiger partial charge on any atom is -0.277 e. The number of nitriles is 1. The molecule has 1 aromatic heterocycles. The predicted octanol–water partition coefficient (Wildman–Crippen LogP) is 4.20. The number of rotatable bonds is 5. The van der Waals surface area contributed by atoms with Gasteiger partial charge in [-0.25, -0.2) is 9.37 Å². The lowest BCUT2D eigenvalue weighted by molar-refractivity contribution is -0.384. The summed E-state index contributed by atoms with van der Waals surface area (Å²) in [5.41, 5.74) is 4.57. The zero-order chi connectivity index (χ0) is 18.5. The summed E-state index contributed by atoms with van der Waals surface area (Å²) in [7, 11) is 0. The van der Waals surface area contributed by atoms with Crippen molar-refractivity contribution < 1.29 is 9.31 Å². The minimum atomic E-state index is -0.474. The molecule has 9 heteroatoms. The molecule has 1 heterocycles. The van der Waals surface area contributed by atoms with Crippen LogP contribution >= 0.6 is 11.3 Å². The average molecular weight is 367 g/mol. The van der Waals surface area contributed by atoms with Gasteiger partial charge in [-0.05, 0) is 36.4 Å². The van der Waals surface area contributed by atoms with E-state index in [9.17, 15) is 19.8 Å². The molecule has 0 fully saturated rings. The summed E-state index contributed by atoms with van der Waals surface area (Å²) in [6.07, 6.45) is 0. The summed E-state index contributed by atoms with van der Waals surface area (Å²) in [5, 5.41) is 26.1. The van der Waals surface area contributed by atoms with Crippen LogP contribution in [0.2, 0.25) is 0 Å². The highest BCUT2D eigenvalue weighted by Gasteiger charge is 2.12. The lowest BCUT2D eigenvalue weighted by Gasteiger charge is -2.00. The first-order valence-corrected chi connectivity index (χ1v) is 8.15. The standard InChI is InChI=1S/C17H10FN5O2S/c18-12-3-5-13(6-4-12)21-22-15(9-19)17-20-16(10-26-17)11-1-7-14(8-2-11)23(24)25/h1-8,10,21H. The number of hydrogen-bond acceptors (Lipinski definition) is 7. The van der Waals surface area contributed by atoms with Crippen molar-refractivity contribution in [1.82, 2.24) is 4.98 Å². The fourth-order valence-electron chi connectivity index (χ4n) is 2.03. The Morgan fingerprint density at radius 3 is 2.54 bits per heavy atom. The first-order chi connectivity index (χ1) is 12.6. The summed E-state index contributed by atoms with van der Waals surface area (Å²) in [6.45, 7) is 0. The molecule has 7 nitrogen and oxygen atoms in total. The van der Waals surface area contributed by atoms with E-state index in [1.165, 1.54) is 47.7 Å². The van der Waals surface area contributed by atoms with Crippen molar-refractivity contribution in [3.63, 3.8) is 0 Å². The molecule has 0 saturated heterocycles. The second-order valence-corrected chi connectivity index (χ2v) is 5.89. The number of nitrogens with zero attached hydrogens (tertiary/aromatic N) is 4. The Balaban J connectivity index is 1.80. The number of nitro benzene ring substituents is 1. The Hall–Kier alpha value is -3.64. The number of thiazole rings is 1. The van der Waals surface area contributed by atoms with Gasteiger partial charge in [-0.3, -0.25) is 15.5 Å². The van der Waals surface area contributed by atoms with Gasteiger partial charge in [0.2, 0.25) is 0 Å². The molecule has 1 N–H and O–H groups in total. The van der Waals surface area contributed by atoms with E-state index in [0.717, 1.165) is 0 Å². The number of non-ortho nitro benzene ring substituents is 1. The van der Waals surface area contributed by atoms with E-state index < -0.39 is 4.92 Å². The fourth-order valence-corrected chi connectivity index (χ4v) is 2.80. The van der Waals surface area contributed by atoms with Crippen molar-refractivity contribution in [2.24, 2.45) is 5.10 Å². The molecule has 0 aliphatic rings. The maximum atomic E-state index is 12.9. The summed E-state index contributed by atoms with van der Waals surface area (Å²) in [5.74, 6) is -0.368. The van der Waals surface area contributed by atoms with Gasteiger partial charge in [0.1, 0.15) is 11.9 Å². The molecule has 0 aliphatic carbocycles. The molecule has 0 atom stereocenters. The summed E-state index contributed by atoms with van der Waals surface area (Å²) >= 11 is 1.23. The van der Waals surface area contributed by atoms with Crippen molar-refractivity contribution in [2.75, 3.05) is 5.43 Å². The second kappa shape index (κ2) is 7.50. The highest BCUT2D eigenvalue weighted by atomic mass is 32.1. The number of nitrogens with one attached hydrogen (secondary N) is 1. The third kappa shape index (κ3) is 3.88. The zero-order valence-corrected chi connectivity index (χ0v) is 13.9. The maximum absolute atomic E-state index is 12.9. The van der Waals surface area contributed by atoms with Crippen LogP contribution in [-0.2, 0) is 0 Å². The molecule has 0 spiro atoms. The molecule has 0 aliphatic heterocycles. The molecule has 3 aromatic rings. The number of hydrogen-bond donors (Lipinski definition) is 1. The van der Waals surface area contributed by atoms with E-state index in [1.807, 2.05) is 6.07 Å². The van der Waals surface area contributed by atoms with Crippen molar-refractivity contribution in [1.29, 1.82) is 5.26 Å². The Labute approximate surface area is 151 Å². The Morgan fingerprint density at radius 1 is 1.23 bits per heavy atom. The smallest absolute Gasteiger partial charge is 0.269 e. The summed E-state index contributed by atoms with van der Waals surface area (Å²) < 4.78 is 12.9. The van der Waals surface area contributed by atoms with Crippen LogP contribution in [0.4, 0.5) is 15.8 Å². The summed E-state index contributed by atoms with van der Waals surface area (Å²) in [4.78, 5) is 14.6. The molecule has 26 heavy (non-hydrogen) atoms. The highest BCUT2D eigenvalue weighted by Crippen LogP contribution is 2.24. The molecule has 3 rings (SSSR count). The van der Waals surface area contributed by atoms with Crippen LogP contribution in [0.15, 0.2) is 59.0 Å². The van der Waals surface area contributed by atoms with Crippen molar-refractivity contribution >= 4 is 28.4 Å². The first-order valence-electron chi connectivity index (χ1n) is 7.27. The lowest BCUT2D eigenvalue weighted by atomic mass is 10.1. The molecule has 0 unspecified atom stereocenters. The normalized spacial score (nSPS) is 11.0. The molecule has 2 aromatic carbocycles. The van der Waals surface area contributed by atoms with Crippen molar-refractivity contribution in [2.45, 2.75) is 0 Å². The van der Waals surface area contributed by atoms with Gasteiger partial charge < -0.3 is 0 Å². The second-order valence-electron chi connectivity index (χ2n) is 5.03. The minimum absolute atomic E-state index is 0.00743. The third-order valence-corrected chi connectivity index (χ3v) is 4.18. The topological polar surface area (TPSA) is 104 Å². The monoisotopic (exact) mass is 367 g/mol. The van der Waals surface area contributed by atoms with Gasteiger partial charge in [0.25, 0.3) is 5.69 Å². The van der Waals surface area contributed by atoms with E-state index in [2.05, 4.69) is 15.5 Å². The number of halogens is 1. The molecule has 128 valence electrons. The fraction of sp³-hybridized carbons (Fsp3) is 0. The van der Waals surface area contributed by atoms with E-state index in [0.29, 0.717) is 22.0 Å². The van der Waals surface area contributed by atoms with E-state index in [1.54, 1.807) is 17.5 Å². The number of nitro groups is 1. The number of hydrazone groups is 1. The van der Waals surface area contributed by atoms with E-state index in [-0.39, 0.29) is 17.2 Å². The van der Waals surface area contributed by atoms with Gasteiger partial charge >= 0.3 is 0 Å². The Bertz CT molecular complexity index is 1010. The van der Waals surface area contributed by atoms with Gasteiger partial charge in [-0.1, -0.05) is 0 Å². The van der Waals surface area contributed by atoms with Gasteiger partial charge in [0.05, 0.1) is 16.3 Å². The Morgan fingerprint density at radius 2 is 1.92 bits per heavy atom. The van der Waals surface area contributed by atoms with Gasteiger partial charge in [0.15, 0.2) is 10.7 Å². The SMILES string of the molecule is N#CC(=NNc1ccc(F)cc1)c1nc(-c2ccc([N+](=O)[O-])cc2)cs1. The van der Waals surface area contributed by atoms with Crippen LogP contribution in [0, 0.1) is 27.3 Å².